The maximum absolute atomic E-state index is 12.8. The Labute approximate surface area is 169 Å². The van der Waals surface area contributed by atoms with E-state index >= 15 is 0 Å². The van der Waals surface area contributed by atoms with E-state index in [4.69, 9.17) is 0 Å². The van der Waals surface area contributed by atoms with E-state index in [0.29, 0.717) is 5.91 Å². The molecule has 1 aliphatic heterocycles. The van der Waals surface area contributed by atoms with Crippen molar-refractivity contribution in [2.24, 2.45) is 5.92 Å². The molecule has 1 aromatic carbocycles. The molecular formula is C23H34N4O. The molecule has 3 rings (SSSR count). The summed E-state index contributed by atoms with van der Waals surface area (Å²) in [5.41, 5.74) is 1.15. The van der Waals surface area contributed by atoms with Gasteiger partial charge in [-0.2, -0.15) is 0 Å². The van der Waals surface area contributed by atoms with Crippen LogP contribution in [0.1, 0.15) is 39.5 Å². The number of benzene rings is 1. The van der Waals surface area contributed by atoms with Crippen molar-refractivity contribution in [2.45, 2.75) is 46.1 Å². The number of hydrogen-bond acceptors (Lipinski definition) is 3. The van der Waals surface area contributed by atoms with E-state index in [1.54, 1.807) is 0 Å². The molecule has 0 atom stereocenters. The molecule has 0 spiro atoms. The molecule has 0 radical (unpaired) electrons. The van der Waals surface area contributed by atoms with Crippen molar-refractivity contribution in [2.75, 3.05) is 32.7 Å². The summed E-state index contributed by atoms with van der Waals surface area (Å²) in [5.74, 6) is 1.63. The Bertz CT molecular complexity index is 713. The zero-order chi connectivity index (χ0) is 19.8. The van der Waals surface area contributed by atoms with E-state index < -0.39 is 0 Å². The van der Waals surface area contributed by atoms with Gasteiger partial charge in [0, 0.05) is 63.1 Å². The first-order valence-corrected chi connectivity index (χ1v) is 10.8. The summed E-state index contributed by atoms with van der Waals surface area (Å²) in [4.78, 5) is 21.9. The van der Waals surface area contributed by atoms with Crippen LogP contribution >= 0.6 is 0 Å². The number of imidazole rings is 1. The normalized spacial score (nSPS) is 15.3. The second-order valence-corrected chi connectivity index (χ2v) is 7.75. The molecule has 0 bridgehead atoms. The summed E-state index contributed by atoms with van der Waals surface area (Å²) in [6, 6.07) is 10.3. The third-order valence-electron chi connectivity index (χ3n) is 5.71. The van der Waals surface area contributed by atoms with Crippen LogP contribution in [0.3, 0.4) is 0 Å². The molecule has 0 aliphatic carbocycles. The molecule has 1 amide bonds. The highest BCUT2D eigenvalue weighted by atomic mass is 16.2. The van der Waals surface area contributed by atoms with Gasteiger partial charge >= 0.3 is 0 Å². The second-order valence-electron chi connectivity index (χ2n) is 7.75. The standard InChI is InChI=1S/C23H34N4O/c1-3-8-21(9-4-2)23(28)27-18-15-25(16-19-27)14-17-26-13-12-24-22(26)20-10-6-5-7-11-20/h5-7,10-13,21H,3-4,8-9,14-19H2,1-2H3. The second kappa shape index (κ2) is 10.4. The van der Waals surface area contributed by atoms with Crippen LogP contribution in [0, 0.1) is 5.92 Å². The summed E-state index contributed by atoms with van der Waals surface area (Å²) in [5, 5.41) is 0. The lowest BCUT2D eigenvalue weighted by molar-refractivity contribution is -0.137. The Morgan fingerprint density at radius 2 is 1.68 bits per heavy atom. The quantitative estimate of drug-likeness (QED) is 0.660. The van der Waals surface area contributed by atoms with Gasteiger partial charge < -0.3 is 9.47 Å². The predicted octanol–water partition coefficient (Wildman–Crippen LogP) is 3.91. The Balaban J connectivity index is 1.49. The summed E-state index contributed by atoms with van der Waals surface area (Å²) in [6.07, 6.45) is 8.16. The van der Waals surface area contributed by atoms with Crippen LogP contribution in [-0.4, -0.2) is 58.0 Å². The molecule has 5 nitrogen and oxygen atoms in total. The molecule has 1 saturated heterocycles. The topological polar surface area (TPSA) is 41.4 Å². The Kier molecular flexibility index (Phi) is 7.66. The van der Waals surface area contributed by atoms with Gasteiger partial charge in [-0.15, -0.1) is 0 Å². The van der Waals surface area contributed by atoms with Crippen LogP contribution in [-0.2, 0) is 11.3 Å². The number of carbonyl (C=O) groups excluding carboxylic acids is 1. The van der Waals surface area contributed by atoms with Crippen LogP contribution in [0.25, 0.3) is 11.4 Å². The maximum Gasteiger partial charge on any atom is 0.225 e. The van der Waals surface area contributed by atoms with Crippen LogP contribution in [0.5, 0.6) is 0 Å². The maximum atomic E-state index is 12.8. The van der Waals surface area contributed by atoms with Gasteiger partial charge in [0.25, 0.3) is 0 Å². The molecule has 2 heterocycles. The Morgan fingerprint density at radius 3 is 2.32 bits per heavy atom. The van der Waals surface area contributed by atoms with Crippen molar-refractivity contribution in [1.29, 1.82) is 0 Å². The molecule has 0 unspecified atom stereocenters. The number of hydrogen-bond donors (Lipinski definition) is 0. The average molecular weight is 383 g/mol. The monoisotopic (exact) mass is 382 g/mol. The lowest BCUT2D eigenvalue weighted by Crippen LogP contribution is -2.50. The SMILES string of the molecule is CCCC(CCC)C(=O)N1CCN(CCn2ccnc2-c2ccccc2)CC1. The fourth-order valence-corrected chi connectivity index (χ4v) is 4.12. The average Bonchev–Trinajstić information content (AvgIpc) is 3.21. The minimum atomic E-state index is 0.223. The number of nitrogens with zero attached hydrogens (tertiary/aromatic N) is 4. The van der Waals surface area contributed by atoms with E-state index in [-0.39, 0.29) is 5.92 Å². The molecule has 1 fully saturated rings. The predicted molar refractivity (Wildman–Crippen MR) is 114 cm³/mol. The van der Waals surface area contributed by atoms with Gasteiger partial charge in [0.05, 0.1) is 0 Å². The van der Waals surface area contributed by atoms with Gasteiger partial charge in [0.15, 0.2) is 0 Å². The first kappa shape index (κ1) is 20.6. The summed E-state index contributed by atoms with van der Waals surface area (Å²) in [6.45, 7) is 9.91. The third-order valence-corrected chi connectivity index (χ3v) is 5.71. The van der Waals surface area contributed by atoms with Crippen LogP contribution in [0.4, 0.5) is 0 Å². The number of aromatic nitrogens is 2. The van der Waals surface area contributed by atoms with Crippen molar-refractivity contribution in [1.82, 2.24) is 19.4 Å². The van der Waals surface area contributed by atoms with Crippen LogP contribution in [0.15, 0.2) is 42.7 Å². The number of carbonyl (C=O) groups is 1. The molecule has 5 heteroatoms. The first-order chi connectivity index (χ1) is 13.7. The van der Waals surface area contributed by atoms with E-state index in [1.165, 1.54) is 0 Å². The van der Waals surface area contributed by atoms with Gasteiger partial charge in [0.1, 0.15) is 5.82 Å². The fraction of sp³-hybridized carbons (Fsp3) is 0.565. The fourth-order valence-electron chi connectivity index (χ4n) is 4.12. The van der Waals surface area contributed by atoms with Gasteiger partial charge in [-0.05, 0) is 12.8 Å². The van der Waals surface area contributed by atoms with Crippen molar-refractivity contribution in [3.63, 3.8) is 0 Å². The van der Waals surface area contributed by atoms with Crippen molar-refractivity contribution < 1.29 is 4.79 Å². The van der Waals surface area contributed by atoms with Crippen LogP contribution in [0.2, 0.25) is 0 Å². The molecule has 0 N–H and O–H groups in total. The first-order valence-electron chi connectivity index (χ1n) is 10.8. The molecule has 0 saturated carbocycles. The van der Waals surface area contributed by atoms with Gasteiger partial charge in [-0.1, -0.05) is 57.0 Å². The van der Waals surface area contributed by atoms with E-state index in [2.05, 4.69) is 63.7 Å². The van der Waals surface area contributed by atoms with Gasteiger partial charge in [-0.3, -0.25) is 9.69 Å². The summed E-state index contributed by atoms with van der Waals surface area (Å²) >= 11 is 0. The highest BCUT2D eigenvalue weighted by molar-refractivity contribution is 5.79. The number of rotatable bonds is 9. The zero-order valence-electron chi connectivity index (χ0n) is 17.4. The lowest BCUT2D eigenvalue weighted by Gasteiger charge is -2.36. The van der Waals surface area contributed by atoms with Gasteiger partial charge in [-0.25, -0.2) is 4.98 Å². The summed E-state index contributed by atoms with van der Waals surface area (Å²) < 4.78 is 2.23. The van der Waals surface area contributed by atoms with E-state index in [0.717, 1.165) is 76.3 Å². The van der Waals surface area contributed by atoms with E-state index in [1.807, 2.05) is 12.3 Å². The Hall–Kier alpha value is -2.14. The number of piperazine rings is 1. The van der Waals surface area contributed by atoms with Gasteiger partial charge in [0.2, 0.25) is 5.91 Å². The Morgan fingerprint density at radius 1 is 1.00 bits per heavy atom. The third kappa shape index (κ3) is 5.22. The minimum absolute atomic E-state index is 0.223. The lowest BCUT2D eigenvalue weighted by atomic mass is 9.96. The summed E-state index contributed by atoms with van der Waals surface area (Å²) in [7, 11) is 0. The highest BCUT2D eigenvalue weighted by Crippen LogP contribution is 2.19. The molecule has 152 valence electrons. The minimum Gasteiger partial charge on any atom is -0.340 e. The number of amides is 1. The van der Waals surface area contributed by atoms with E-state index in [9.17, 15) is 4.79 Å². The van der Waals surface area contributed by atoms with Crippen molar-refractivity contribution in [3.8, 4) is 11.4 Å². The molecule has 1 aliphatic rings. The molecule has 2 aromatic rings. The molecule has 28 heavy (non-hydrogen) atoms. The molecule has 1 aromatic heterocycles. The molecular weight excluding hydrogens is 348 g/mol. The van der Waals surface area contributed by atoms with Crippen molar-refractivity contribution in [3.05, 3.63) is 42.7 Å². The highest BCUT2D eigenvalue weighted by Gasteiger charge is 2.26. The van der Waals surface area contributed by atoms with Crippen LogP contribution < -0.4 is 0 Å². The largest absolute Gasteiger partial charge is 0.340 e. The smallest absolute Gasteiger partial charge is 0.225 e. The zero-order valence-corrected chi connectivity index (χ0v) is 17.4. The van der Waals surface area contributed by atoms with Crippen molar-refractivity contribution >= 4 is 5.91 Å².